The molecule has 112 valence electrons. The molecular formula is C13H14BF2NO4. The van der Waals surface area contributed by atoms with Crippen LogP contribution in [0.15, 0.2) is 18.2 Å². The third kappa shape index (κ3) is 6.35. The molecule has 0 heterocycles. The molecule has 1 rings (SSSR count). The molecule has 1 aromatic rings. The largest absolute Gasteiger partial charge is 0.463 e. The van der Waals surface area contributed by atoms with Crippen LogP contribution in [0, 0.1) is 11.6 Å². The lowest BCUT2D eigenvalue weighted by molar-refractivity contribution is -0.144. The fourth-order valence-corrected chi connectivity index (χ4v) is 1.77. The molecule has 21 heavy (non-hydrogen) atoms. The minimum atomic E-state index is -1.27. The standard InChI is InChI=1S/C13H14BF2NO4/c1-7(18)21-6-12(19)11(17-13(14)20)4-8-2-9(15)5-10(16)3-8/h2-3,5,11-12,19H,4,6H2,1H3,(H,17,20)/t11-,12+/m0/s1. The second kappa shape index (κ2) is 7.73. The van der Waals surface area contributed by atoms with E-state index in [-0.39, 0.29) is 18.6 Å². The van der Waals surface area contributed by atoms with Gasteiger partial charge in [-0.15, -0.1) is 0 Å². The second-order valence-electron chi connectivity index (χ2n) is 4.47. The maximum Gasteiger partial charge on any atom is 0.302 e. The minimum Gasteiger partial charge on any atom is -0.463 e. The number of hydrogen-bond acceptors (Lipinski definition) is 4. The van der Waals surface area contributed by atoms with Gasteiger partial charge in [0.15, 0.2) is 5.81 Å². The molecule has 0 fully saturated rings. The summed E-state index contributed by atoms with van der Waals surface area (Å²) in [7, 11) is 4.98. The van der Waals surface area contributed by atoms with E-state index in [1.54, 1.807) is 0 Å². The van der Waals surface area contributed by atoms with E-state index in [0.29, 0.717) is 6.07 Å². The number of halogens is 2. The van der Waals surface area contributed by atoms with E-state index in [0.717, 1.165) is 19.1 Å². The number of aliphatic hydroxyl groups is 1. The van der Waals surface area contributed by atoms with Crippen LogP contribution in [0.1, 0.15) is 12.5 Å². The summed E-state index contributed by atoms with van der Waals surface area (Å²) in [4.78, 5) is 21.6. The van der Waals surface area contributed by atoms with Crippen molar-refractivity contribution in [3.8, 4) is 0 Å². The molecular weight excluding hydrogens is 283 g/mol. The van der Waals surface area contributed by atoms with E-state index in [9.17, 15) is 23.5 Å². The molecule has 0 aliphatic carbocycles. The predicted octanol–water partition coefficient (Wildman–Crippen LogP) is 0.678. The molecule has 0 unspecified atom stereocenters. The summed E-state index contributed by atoms with van der Waals surface area (Å²) in [5, 5.41) is 12.1. The van der Waals surface area contributed by atoms with Crippen LogP contribution in [0.4, 0.5) is 13.6 Å². The number of carbonyl (C=O) groups is 2. The molecule has 1 aromatic carbocycles. The van der Waals surface area contributed by atoms with Gasteiger partial charge in [-0.2, -0.15) is 0 Å². The van der Waals surface area contributed by atoms with Gasteiger partial charge in [0.1, 0.15) is 24.3 Å². The van der Waals surface area contributed by atoms with Gasteiger partial charge in [-0.1, -0.05) is 0 Å². The van der Waals surface area contributed by atoms with E-state index in [1.807, 2.05) is 0 Å². The number of rotatable bonds is 6. The van der Waals surface area contributed by atoms with Crippen LogP contribution in [0.5, 0.6) is 0 Å². The molecule has 2 atom stereocenters. The summed E-state index contributed by atoms with van der Waals surface area (Å²) >= 11 is 0. The van der Waals surface area contributed by atoms with Gasteiger partial charge in [0.05, 0.1) is 6.04 Å². The molecule has 0 saturated carbocycles. The van der Waals surface area contributed by atoms with Crippen LogP contribution < -0.4 is 5.32 Å². The van der Waals surface area contributed by atoms with Gasteiger partial charge >= 0.3 is 5.97 Å². The Morgan fingerprint density at radius 3 is 2.38 bits per heavy atom. The fourth-order valence-electron chi connectivity index (χ4n) is 1.77. The molecule has 0 spiro atoms. The lowest BCUT2D eigenvalue weighted by Gasteiger charge is -2.23. The zero-order valence-corrected chi connectivity index (χ0v) is 11.3. The van der Waals surface area contributed by atoms with Crippen LogP contribution in [-0.4, -0.2) is 43.5 Å². The fraction of sp³-hybridized carbons (Fsp3) is 0.385. The topological polar surface area (TPSA) is 75.6 Å². The van der Waals surface area contributed by atoms with Crippen molar-refractivity contribution in [2.24, 2.45) is 0 Å². The van der Waals surface area contributed by atoms with Crippen molar-refractivity contribution in [1.82, 2.24) is 5.32 Å². The number of amides is 1. The van der Waals surface area contributed by atoms with Crippen molar-refractivity contribution in [1.29, 1.82) is 0 Å². The van der Waals surface area contributed by atoms with Crippen LogP contribution in [0.2, 0.25) is 0 Å². The summed E-state index contributed by atoms with van der Waals surface area (Å²) < 4.78 is 30.8. The first-order chi connectivity index (χ1) is 9.77. The normalized spacial score (nSPS) is 13.3. The van der Waals surface area contributed by atoms with Crippen molar-refractivity contribution in [3.05, 3.63) is 35.4 Å². The smallest absolute Gasteiger partial charge is 0.302 e. The Balaban J connectivity index is 2.81. The van der Waals surface area contributed by atoms with Crippen molar-refractivity contribution in [2.45, 2.75) is 25.5 Å². The van der Waals surface area contributed by atoms with Gasteiger partial charge in [-0.25, -0.2) is 8.78 Å². The number of ether oxygens (including phenoxy) is 1. The Bertz CT molecular complexity index is 507. The molecule has 0 aliphatic rings. The summed E-state index contributed by atoms with van der Waals surface area (Å²) in [5.41, 5.74) is 0.216. The molecule has 0 bridgehead atoms. The zero-order valence-electron chi connectivity index (χ0n) is 11.3. The van der Waals surface area contributed by atoms with E-state index in [2.05, 4.69) is 10.1 Å². The van der Waals surface area contributed by atoms with Gasteiger partial charge < -0.3 is 15.2 Å². The van der Waals surface area contributed by atoms with Gasteiger partial charge in [0.2, 0.25) is 7.85 Å². The first-order valence-corrected chi connectivity index (χ1v) is 6.10. The van der Waals surface area contributed by atoms with E-state index in [4.69, 9.17) is 7.85 Å². The Hall–Kier alpha value is -1.96. The average molecular weight is 297 g/mol. The van der Waals surface area contributed by atoms with E-state index < -0.39 is 35.6 Å². The molecule has 2 N–H and O–H groups in total. The summed E-state index contributed by atoms with van der Waals surface area (Å²) in [6.07, 6.45) is -1.35. The minimum absolute atomic E-state index is 0.0833. The number of hydrogen-bond donors (Lipinski definition) is 2. The molecule has 1 amide bonds. The van der Waals surface area contributed by atoms with Crippen molar-refractivity contribution in [3.63, 3.8) is 0 Å². The highest BCUT2D eigenvalue weighted by molar-refractivity contribution is 6.57. The Labute approximate surface area is 121 Å². The summed E-state index contributed by atoms with van der Waals surface area (Å²) in [6, 6.07) is 1.88. The number of carbonyl (C=O) groups excluding carboxylic acids is 2. The van der Waals surface area contributed by atoms with Crippen LogP contribution in [-0.2, 0) is 16.0 Å². The maximum absolute atomic E-state index is 13.1. The molecule has 0 saturated heterocycles. The van der Waals surface area contributed by atoms with Gasteiger partial charge in [0, 0.05) is 13.0 Å². The summed E-state index contributed by atoms with van der Waals surface area (Å²) in [6.45, 7) is 0.781. The van der Waals surface area contributed by atoms with Gasteiger partial charge in [-0.3, -0.25) is 9.59 Å². The Morgan fingerprint density at radius 2 is 1.90 bits per heavy atom. The zero-order chi connectivity index (χ0) is 16.0. The number of esters is 1. The van der Waals surface area contributed by atoms with Crippen molar-refractivity contribution < 1.29 is 28.2 Å². The van der Waals surface area contributed by atoms with Crippen LogP contribution in [0.3, 0.4) is 0 Å². The van der Waals surface area contributed by atoms with Crippen LogP contribution in [0.25, 0.3) is 0 Å². The third-order valence-electron chi connectivity index (χ3n) is 2.63. The second-order valence-corrected chi connectivity index (χ2v) is 4.47. The highest BCUT2D eigenvalue weighted by atomic mass is 19.1. The number of benzene rings is 1. The van der Waals surface area contributed by atoms with Crippen molar-refractivity contribution in [2.75, 3.05) is 6.61 Å². The third-order valence-corrected chi connectivity index (χ3v) is 2.63. The van der Waals surface area contributed by atoms with Gasteiger partial charge in [-0.05, 0) is 24.1 Å². The number of aliphatic hydroxyl groups excluding tert-OH is 1. The van der Waals surface area contributed by atoms with Crippen molar-refractivity contribution >= 4 is 19.6 Å². The molecule has 8 heteroatoms. The Morgan fingerprint density at radius 1 is 1.33 bits per heavy atom. The summed E-state index contributed by atoms with van der Waals surface area (Å²) in [5.74, 6) is -3.09. The molecule has 2 radical (unpaired) electrons. The lowest BCUT2D eigenvalue weighted by Crippen LogP contribution is -2.46. The maximum atomic E-state index is 13.1. The molecule has 5 nitrogen and oxygen atoms in total. The van der Waals surface area contributed by atoms with E-state index in [1.165, 1.54) is 0 Å². The van der Waals surface area contributed by atoms with Crippen LogP contribution >= 0.6 is 0 Å². The Kier molecular flexibility index (Phi) is 6.29. The highest BCUT2D eigenvalue weighted by Gasteiger charge is 2.22. The lowest BCUT2D eigenvalue weighted by atomic mass is 9.99. The first-order valence-electron chi connectivity index (χ1n) is 6.10. The predicted molar refractivity (Wildman–Crippen MR) is 70.8 cm³/mol. The first kappa shape index (κ1) is 17.1. The molecule has 0 aliphatic heterocycles. The van der Waals surface area contributed by atoms with Gasteiger partial charge in [0.25, 0.3) is 0 Å². The van der Waals surface area contributed by atoms with E-state index >= 15 is 0 Å². The SMILES string of the molecule is [B]C(=O)N[C@@H](Cc1cc(F)cc(F)c1)[C@H](O)COC(C)=O. The number of nitrogens with one attached hydrogen (secondary N) is 1. The highest BCUT2D eigenvalue weighted by Crippen LogP contribution is 2.12. The molecule has 0 aromatic heterocycles. The monoisotopic (exact) mass is 297 g/mol. The quantitative estimate of drug-likeness (QED) is 0.598. The average Bonchev–Trinajstić information content (AvgIpc) is 2.33.